The van der Waals surface area contributed by atoms with Crippen LogP contribution in [0.3, 0.4) is 0 Å². The molecule has 31 heavy (non-hydrogen) atoms. The maximum Gasteiger partial charge on any atom is 0.343 e. The first-order valence-corrected chi connectivity index (χ1v) is 10.7. The maximum absolute atomic E-state index is 12.6. The Morgan fingerprint density at radius 1 is 1.06 bits per heavy atom. The average Bonchev–Trinajstić information content (AvgIpc) is 3.18. The van der Waals surface area contributed by atoms with Crippen molar-refractivity contribution in [3.8, 4) is 5.75 Å². The van der Waals surface area contributed by atoms with E-state index in [4.69, 9.17) is 4.74 Å². The van der Waals surface area contributed by atoms with Crippen LogP contribution in [0.1, 0.15) is 42.1 Å². The highest BCUT2D eigenvalue weighted by Gasteiger charge is 2.27. The minimum Gasteiger partial charge on any atom is -0.497 e. The molecule has 3 aromatic rings. The van der Waals surface area contributed by atoms with Crippen LogP contribution in [0.25, 0.3) is 0 Å². The number of aromatic amines is 1. The van der Waals surface area contributed by atoms with E-state index in [-0.39, 0.29) is 17.5 Å². The number of hydrogen-bond acceptors (Lipinski definition) is 4. The number of nitrogens with one attached hydrogen (secondary N) is 1. The minimum absolute atomic E-state index is 0.162. The number of piperidine rings is 1. The van der Waals surface area contributed by atoms with Gasteiger partial charge in [0.05, 0.1) is 13.7 Å². The van der Waals surface area contributed by atoms with Gasteiger partial charge in [-0.25, -0.2) is 9.89 Å². The SMILES string of the molecule is COc1ccc(Cn2c(C3CCN(C(=O)CCc4ccccc4)CC3)n[nH]c2=O)cc1. The van der Waals surface area contributed by atoms with E-state index in [0.29, 0.717) is 26.1 Å². The summed E-state index contributed by atoms with van der Waals surface area (Å²) in [7, 11) is 1.63. The van der Waals surface area contributed by atoms with E-state index in [1.165, 1.54) is 5.56 Å². The fourth-order valence-corrected chi connectivity index (χ4v) is 4.15. The fraction of sp³-hybridized carbons (Fsp3) is 0.375. The third-order valence-corrected chi connectivity index (χ3v) is 5.97. The number of methoxy groups -OCH3 is 1. The molecule has 0 unspecified atom stereocenters. The van der Waals surface area contributed by atoms with E-state index in [1.54, 1.807) is 11.7 Å². The number of H-pyrrole nitrogens is 1. The minimum atomic E-state index is -0.202. The number of benzene rings is 2. The van der Waals surface area contributed by atoms with Gasteiger partial charge in [-0.15, -0.1) is 0 Å². The molecule has 1 saturated heterocycles. The van der Waals surface area contributed by atoms with Gasteiger partial charge in [0.1, 0.15) is 11.6 Å². The van der Waals surface area contributed by atoms with Crippen LogP contribution in [-0.2, 0) is 17.8 Å². The number of aromatic nitrogens is 3. The van der Waals surface area contributed by atoms with Gasteiger partial charge in [-0.3, -0.25) is 9.36 Å². The Morgan fingerprint density at radius 2 is 1.77 bits per heavy atom. The van der Waals surface area contributed by atoms with Gasteiger partial charge in [-0.1, -0.05) is 42.5 Å². The van der Waals surface area contributed by atoms with Crippen LogP contribution in [-0.4, -0.2) is 45.8 Å². The highest BCUT2D eigenvalue weighted by molar-refractivity contribution is 5.76. The summed E-state index contributed by atoms with van der Waals surface area (Å²) in [6.45, 7) is 1.86. The van der Waals surface area contributed by atoms with Crippen molar-refractivity contribution in [3.63, 3.8) is 0 Å². The van der Waals surface area contributed by atoms with Crippen LogP contribution in [0.2, 0.25) is 0 Å². The lowest BCUT2D eigenvalue weighted by Crippen LogP contribution is -2.38. The van der Waals surface area contributed by atoms with Crippen molar-refractivity contribution in [2.45, 2.75) is 38.1 Å². The Hall–Kier alpha value is -3.35. The molecule has 0 saturated carbocycles. The molecule has 0 bridgehead atoms. The van der Waals surface area contributed by atoms with Crippen molar-refractivity contribution in [1.29, 1.82) is 0 Å². The van der Waals surface area contributed by atoms with Crippen molar-refractivity contribution in [2.24, 2.45) is 0 Å². The molecule has 0 spiro atoms. The van der Waals surface area contributed by atoms with Crippen molar-refractivity contribution >= 4 is 5.91 Å². The molecular formula is C24H28N4O3. The van der Waals surface area contributed by atoms with Gasteiger partial charge in [-0.05, 0) is 42.5 Å². The third kappa shape index (κ3) is 5.05. The molecule has 1 aliphatic heterocycles. The number of nitrogens with zero attached hydrogens (tertiary/aromatic N) is 3. The average molecular weight is 421 g/mol. The maximum atomic E-state index is 12.6. The van der Waals surface area contributed by atoms with E-state index in [9.17, 15) is 9.59 Å². The standard InChI is InChI=1S/C24H28N4O3/c1-31-21-10-7-19(8-11-21)17-28-23(25-26-24(28)30)20-13-15-27(16-14-20)22(29)12-9-18-5-3-2-4-6-18/h2-8,10-11,20H,9,12-17H2,1H3,(H,26,30). The second-order valence-electron chi connectivity index (χ2n) is 7.96. The Morgan fingerprint density at radius 3 is 2.45 bits per heavy atom. The number of hydrogen-bond donors (Lipinski definition) is 1. The van der Waals surface area contributed by atoms with Gasteiger partial charge in [-0.2, -0.15) is 5.10 Å². The van der Waals surface area contributed by atoms with Crippen LogP contribution in [0.15, 0.2) is 59.4 Å². The molecule has 2 heterocycles. The summed E-state index contributed by atoms with van der Waals surface area (Å²) in [5, 5.41) is 6.91. The van der Waals surface area contributed by atoms with Crippen LogP contribution in [0.4, 0.5) is 0 Å². The van der Waals surface area contributed by atoms with Gasteiger partial charge in [0.15, 0.2) is 0 Å². The monoisotopic (exact) mass is 420 g/mol. The predicted octanol–water partition coefficient (Wildman–Crippen LogP) is 2.97. The van der Waals surface area contributed by atoms with Crippen LogP contribution in [0, 0.1) is 0 Å². The van der Waals surface area contributed by atoms with Crippen molar-refractivity contribution in [2.75, 3.05) is 20.2 Å². The van der Waals surface area contributed by atoms with Gasteiger partial charge in [0.2, 0.25) is 5.91 Å². The normalized spacial score (nSPS) is 14.5. The number of rotatable bonds is 7. The number of ether oxygens (including phenoxy) is 1. The van der Waals surface area contributed by atoms with E-state index < -0.39 is 0 Å². The lowest BCUT2D eigenvalue weighted by molar-refractivity contribution is -0.132. The quantitative estimate of drug-likeness (QED) is 0.637. The van der Waals surface area contributed by atoms with E-state index in [0.717, 1.165) is 36.4 Å². The van der Waals surface area contributed by atoms with Crippen molar-refractivity contribution in [3.05, 3.63) is 82.0 Å². The molecule has 1 aliphatic rings. The first kappa shape index (κ1) is 20.9. The number of carbonyl (C=O) groups excluding carboxylic acids is 1. The molecule has 162 valence electrons. The van der Waals surface area contributed by atoms with E-state index in [2.05, 4.69) is 22.3 Å². The zero-order valence-corrected chi connectivity index (χ0v) is 17.8. The smallest absolute Gasteiger partial charge is 0.343 e. The fourth-order valence-electron chi connectivity index (χ4n) is 4.15. The zero-order valence-electron chi connectivity index (χ0n) is 17.8. The summed E-state index contributed by atoms with van der Waals surface area (Å²) in [6, 6.07) is 17.8. The summed E-state index contributed by atoms with van der Waals surface area (Å²) in [5.74, 6) is 1.92. The van der Waals surface area contributed by atoms with Gasteiger partial charge in [0.25, 0.3) is 0 Å². The zero-order chi connectivity index (χ0) is 21.6. The summed E-state index contributed by atoms with van der Waals surface area (Å²) >= 11 is 0. The molecule has 1 fully saturated rings. The molecule has 2 aromatic carbocycles. The van der Waals surface area contributed by atoms with Crippen LogP contribution < -0.4 is 10.4 Å². The first-order valence-electron chi connectivity index (χ1n) is 10.7. The Bertz CT molecular complexity index is 1050. The molecule has 7 heteroatoms. The molecule has 1 N–H and O–H groups in total. The number of carbonyl (C=O) groups is 1. The first-order chi connectivity index (χ1) is 15.1. The van der Waals surface area contributed by atoms with Gasteiger partial charge >= 0.3 is 5.69 Å². The molecule has 1 amide bonds. The predicted molar refractivity (Wildman–Crippen MR) is 118 cm³/mol. The molecule has 1 aromatic heterocycles. The second-order valence-corrected chi connectivity index (χ2v) is 7.96. The molecule has 0 aliphatic carbocycles. The number of likely N-dealkylation sites (tertiary alicyclic amines) is 1. The second kappa shape index (κ2) is 9.64. The summed E-state index contributed by atoms with van der Waals surface area (Å²) in [4.78, 5) is 26.9. The Kier molecular flexibility index (Phi) is 6.50. The van der Waals surface area contributed by atoms with Gasteiger partial charge < -0.3 is 9.64 Å². The topological polar surface area (TPSA) is 80.2 Å². The van der Waals surface area contributed by atoms with Crippen molar-refractivity contribution in [1.82, 2.24) is 19.7 Å². The molecular weight excluding hydrogens is 392 g/mol. The van der Waals surface area contributed by atoms with Crippen LogP contribution in [0.5, 0.6) is 5.75 Å². The lowest BCUT2D eigenvalue weighted by Gasteiger charge is -2.31. The van der Waals surface area contributed by atoms with Crippen LogP contribution >= 0.6 is 0 Å². The van der Waals surface area contributed by atoms with Gasteiger partial charge in [0, 0.05) is 25.4 Å². The number of aryl methyl sites for hydroxylation is 1. The summed E-state index contributed by atoms with van der Waals surface area (Å²) in [6.07, 6.45) is 2.91. The molecule has 7 nitrogen and oxygen atoms in total. The summed E-state index contributed by atoms with van der Waals surface area (Å²) in [5.41, 5.74) is 2.00. The van der Waals surface area contributed by atoms with E-state index in [1.807, 2.05) is 47.4 Å². The third-order valence-electron chi connectivity index (χ3n) is 5.97. The Balaban J connectivity index is 1.35. The Labute approximate surface area is 181 Å². The number of amides is 1. The largest absolute Gasteiger partial charge is 0.497 e. The summed E-state index contributed by atoms with van der Waals surface area (Å²) < 4.78 is 6.91. The molecule has 0 radical (unpaired) electrons. The van der Waals surface area contributed by atoms with E-state index >= 15 is 0 Å². The van der Waals surface area contributed by atoms with Crippen molar-refractivity contribution < 1.29 is 9.53 Å². The highest BCUT2D eigenvalue weighted by Crippen LogP contribution is 2.27. The molecule has 4 rings (SSSR count). The molecule has 0 atom stereocenters. The lowest BCUT2D eigenvalue weighted by atomic mass is 9.95. The highest BCUT2D eigenvalue weighted by atomic mass is 16.5.